The lowest BCUT2D eigenvalue weighted by molar-refractivity contribution is 0.0693. The third kappa shape index (κ3) is 3.89. The van der Waals surface area contributed by atoms with Crippen LogP contribution in [0, 0.1) is 0 Å². The normalized spacial score (nSPS) is 10.7. The molecule has 3 aromatic carbocycles. The van der Waals surface area contributed by atoms with Crippen molar-refractivity contribution in [2.24, 2.45) is 0 Å². The molecule has 0 spiro atoms. The highest BCUT2D eigenvalue weighted by molar-refractivity contribution is 5.97. The number of nitrogen functional groups attached to an aromatic ring is 1. The minimum atomic E-state index is -1.03. The Morgan fingerprint density at radius 2 is 1.80 bits per heavy atom. The first-order valence-corrected chi connectivity index (χ1v) is 9.35. The monoisotopic (exact) mass is 400 g/mol. The van der Waals surface area contributed by atoms with Crippen LogP contribution in [0.4, 0.5) is 5.69 Å². The minimum absolute atomic E-state index is 0.126. The number of rotatable bonds is 6. The number of aromatic carboxylic acids is 1. The Balaban J connectivity index is 1.60. The third-order valence-electron chi connectivity index (χ3n) is 4.82. The lowest BCUT2D eigenvalue weighted by atomic mass is 10.1. The zero-order valence-corrected chi connectivity index (χ0v) is 16.3. The molecule has 0 atom stereocenters. The standard InChI is InChI=1S/C24H20N2O4/c1-29-23-13-15(6-7-20(23)24(27)28)12-16-14-17(10-11-26-16)30-22-9-8-21(25)18-4-2-3-5-19(18)22/h2-11,13-14H,12,25H2,1H3,(H,27,28). The molecule has 150 valence electrons. The summed E-state index contributed by atoms with van der Waals surface area (Å²) in [6, 6.07) is 20.2. The summed E-state index contributed by atoms with van der Waals surface area (Å²) in [4.78, 5) is 15.7. The zero-order valence-electron chi connectivity index (χ0n) is 16.3. The number of carboxylic acid groups (broad SMARTS) is 1. The fourth-order valence-corrected chi connectivity index (χ4v) is 3.36. The van der Waals surface area contributed by atoms with E-state index in [0.717, 1.165) is 22.0 Å². The van der Waals surface area contributed by atoms with Gasteiger partial charge in [0.2, 0.25) is 0 Å². The van der Waals surface area contributed by atoms with Gasteiger partial charge in [0.1, 0.15) is 22.8 Å². The molecule has 0 unspecified atom stereocenters. The van der Waals surface area contributed by atoms with Crippen LogP contribution in [0.5, 0.6) is 17.2 Å². The van der Waals surface area contributed by atoms with Crippen molar-refractivity contribution in [3.05, 3.63) is 89.7 Å². The topological polar surface area (TPSA) is 94.7 Å². The second kappa shape index (κ2) is 8.13. The van der Waals surface area contributed by atoms with Crippen molar-refractivity contribution >= 4 is 22.4 Å². The van der Waals surface area contributed by atoms with Crippen LogP contribution in [0.2, 0.25) is 0 Å². The van der Waals surface area contributed by atoms with Gasteiger partial charge < -0.3 is 20.3 Å². The molecule has 0 aliphatic heterocycles. The largest absolute Gasteiger partial charge is 0.496 e. The van der Waals surface area contributed by atoms with Crippen molar-refractivity contribution in [1.29, 1.82) is 0 Å². The average molecular weight is 400 g/mol. The van der Waals surface area contributed by atoms with E-state index in [2.05, 4.69) is 4.98 Å². The van der Waals surface area contributed by atoms with Crippen LogP contribution >= 0.6 is 0 Å². The number of pyridine rings is 1. The van der Waals surface area contributed by atoms with Gasteiger partial charge in [-0.25, -0.2) is 4.79 Å². The molecule has 0 amide bonds. The molecule has 6 nitrogen and oxygen atoms in total. The second-order valence-corrected chi connectivity index (χ2v) is 6.80. The predicted molar refractivity (Wildman–Crippen MR) is 115 cm³/mol. The number of fused-ring (bicyclic) bond motifs is 1. The van der Waals surface area contributed by atoms with Gasteiger partial charge >= 0.3 is 5.97 Å². The Hall–Kier alpha value is -4.06. The van der Waals surface area contributed by atoms with Gasteiger partial charge in [0, 0.05) is 40.8 Å². The van der Waals surface area contributed by atoms with E-state index in [1.165, 1.54) is 13.2 Å². The van der Waals surface area contributed by atoms with Crippen LogP contribution in [0.15, 0.2) is 72.9 Å². The summed E-state index contributed by atoms with van der Waals surface area (Å²) in [7, 11) is 1.45. The molecule has 0 aliphatic rings. The zero-order chi connectivity index (χ0) is 21.1. The highest BCUT2D eigenvalue weighted by Gasteiger charge is 2.12. The van der Waals surface area contributed by atoms with Crippen molar-refractivity contribution in [2.45, 2.75) is 6.42 Å². The fraction of sp³-hybridized carbons (Fsp3) is 0.0833. The molecule has 0 saturated carbocycles. The smallest absolute Gasteiger partial charge is 0.339 e. The summed E-state index contributed by atoms with van der Waals surface area (Å²) in [6.07, 6.45) is 2.20. The number of anilines is 1. The molecule has 4 rings (SSSR count). The molecule has 0 radical (unpaired) electrons. The number of hydrogen-bond acceptors (Lipinski definition) is 5. The maximum atomic E-state index is 11.3. The molecular formula is C24H20N2O4. The summed E-state index contributed by atoms with van der Waals surface area (Å²) in [6.45, 7) is 0. The second-order valence-electron chi connectivity index (χ2n) is 6.80. The van der Waals surface area contributed by atoms with E-state index in [1.54, 1.807) is 24.4 Å². The Kier molecular flexibility index (Phi) is 5.22. The van der Waals surface area contributed by atoms with Gasteiger partial charge in [-0.3, -0.25) is 4.98 Å². The molecule has 1 aromatic heterocycles. The molecule has 0 fully saturated rings. The van der Waals surface area contributed by atoms with Crippen LogP contribution in [0.3, 0.4) is 0 Å². The van der Waals surface area contributed by atoms with Crippen molar-refractivity contribution in [3.8, 4) is 17.2 Å². The van der Waals surface area contributed by atoms with Crippen molar-refractivity contribution in [3.63, 3.8) is 0 Å². The van der Waals surface area contributed by atoms with Gasteiger partial charge in [-0.2, -0.15) is 0 Å². The van der Waals surface area contributed by atoms with E-state index in [4.69, 9.17) is 15.2 Å². The predicted octanol–water partition coefficient (Wildman–Crippen LogP) is 4.91. The van der Waals surface area contributed by atoms with Crippen LogP contribution < -0.4 is 15.2 Å². The summed E-state index contributed by atoms with van der Waals surface area (Å²) < 4.78 is 11.3. The highest BCUT2D eigenvalue weighted by Crippen LogP contribution is 2.33. The van der Waals surface area contributed by atoms with E-state index >= 15 is 0 Å². The lowest BCUT2D eigenvalue weighted by Crippen LogP contribution is -2.02. The molecule has 1 heterocycles. The maximum Gasteiger partial charge on any atom is 0.339 e. The number of hydrogen-bond donors (Lipinski definition) is 2. The molecule has 6 heteroatoms. The highest BCUT2D eigenvalue weighted by atomic mass is 16.5. The fourth-order valence-electron chi connectivity index (χ4n) is 3.36. The number of carboxylic acids is 1. The van der Waals surface area contributed by atoms with Gasteiger partial charge in [0.05, 0.1) is 7.11 Å². The third-order valence-corrected chi connectivity index (χ3v) is 4.82. The summed E-state index contributed by atoms with van der Waals surface area (Å²) in [5.41, 5.74) is 8.57. The summed E-state index contributed by atoms with van der Waals surface area (Å²) in [5, 5.41) is 11.1. The Labute approximate surface area is 173 Å². The number of aromatic nitrogens is 1. The van der Waals surface area contributed by atoms with E-state index in [-0.39, 0.29) is 5.56 Å². The lowest BCUT2D eigenvalue weighted by Gasteiger charge is -2.12. The van der Waals surface area contributed by atoms with E-state index < -0.39 is 5.97 Å². The van der Waals surface area contributed by atoms with Crippen molar-refractivity contribution < 1.29 is 19.4 Å². The first-order valence-electron chi connectivity index (χ1n) is 9.35. The summed E-state index contributed by atoms with van der Waals surface area (Å²) >= 11 is 0. The Morgan fingerprint density at radius 1 is 1.00 bits per heavy atom. The molecule has 3 N–H and O–H groups in total. The van der Waals surface area contributed by atoms with Crippen molar-refractivity contribution in [2.75, 3.05) is 12.8 Å². The van der Waals surface area contributed by atoms with Gasteiger partial charge in [-0.05, 0) is 35.9 Å². The number of nitrogens with two attached hydrogens (primary N) is 1. The Morgan fingerprint density at radius 3 is 2.57 bits per heavy atom. The molecular weight excluding hydrogens is 380 g/mol. The van der Waals surface area contributed by atoms with Gasteiger partial charge in [0.15, 0.2) is 0 Å². The number of ether oxygens (including phenoxy) is 2. The van der Waals surface area contributed by atoms with E-state index in [1.807, 2.05) is 42.5 Å². The number of nitrogens with zero attached hydrogens (tertiary/aromatic N) is 1. The SMILES string of the molecule is COc1cc(Cc2cc(Oc3ccc(N)c4ccccc34)ccn2)ccc1C(=O)O. The van der Waals surface area contributed by atoms with Crippen LogP contribution in [-0.2, 0) is 6.42 Å². The number of methoxy groups -OCH3 is 1. The minimum Gasteiger partial charge on any atom is -0.496 e. The first-order chi connectivity index (χ1) is 14.5. The first kappa shape index (κ1) is 19.3. The molecule has 0 bridgehead atoms. The number of carbonyl (C=O) groups is 1. The van der Waals surface area contributed by atoms with Crippen LogP contribution in [0.1, 0.15) is 21.6 Å². The molecule has 0 saturated heterocycles. The van der Waals surface area contributed by atoms with E-state index in [0.29, 0.717) is 29.4 Å². The van der Waals surface area contributed by atoms with E-state index in [9.17, 15) is 9.90 Å². The maximum absolute atomic E-state index is 11.3. The van der Waals surface area contributed by atoms with Gasteiger partial charge in [-0.15, -0.1) is 0 Å². The summed E-state index contributed by atoms with van der Waals surface area (Å²) in [5.74, 6) is 0.664. The molecule has 0 aliphatic carbocycles. The molecule has 4 aromatic rings. The van der Waals surface area contributed by atoms with Crippen molar-refractivity contribution in [1.82, 2.24) is 4.98 Å². The van der Waals surface area contributed by atoms with Gasteiger partial charge in [-0.1, -0.05) is 30.3 Å². The van der Waals surface area contributed by atoms with Gasteiger partial charge in [0.25, 0.3) is 0 Å². The van der Waals surface area contributed by atoms with Crippen LogP contribution in [0.25, 0.3) is 10.8 Å². The average Bonchev–Trinajstić information content (AvgIpc) is 2.76. The van der Waals surface area contributed by atoms with Crippen LogP contribution in [-0.4, -0.2) is 23.2 Å². The Bertz CT molecular complexity index is 1240. The quantitative estimate of drug-likeness (QED) is 0.447. The number of benzene rings is 3. The molecule has 30 heavy (non-hydrogen) atoms.